The second kappa shape index (κ2) is 12.8. The van der Waals surface area contributed by atoms with Crippen LogP contribution in [0.3, 0.4) is 0 Å². The number of amides is 1. The van der Waals surface area contributed by atoms with Crippen molar-refractivity contribution in [2.24, 2.45) is 0 Å². The van der Waals surface area contributed by atoms with Gasteiger partial charge in [0.25, 0.3) is 10.0 Å². The van der Waals surface area contributed by atoms with Gasteiger partial charge in [-0.2, -0.15) is 0 Å². The number of ether oxygens (including phenoxy) is 2. The van der Waals surface area contributed by atoms with Crippen LogP contribution >= 0.6 is 11.6 Å². The first-order valence-corrected chi connectivity index (χ1v) is 13.9. The summed E-state index contributed by atoms with van der Waals surface area (Å²) in [5, 5.41) is 3.05. The van der Waals surface area contributed by atoms with Gasteiger partial charge < -0.3 is 14.8 Å². The van der Waals surface area contributed by atoms with Crippen LogP contribution in [0.25, 0.3) is 0 Å². The van der Waals surface area contributed by atoms with Crippen LogP contribution in [0.1, 0.15) is 41.3 Å². The molecule has 0 spiro atoms. The quantitative estimate of drug-likeness (QED) is 0.237. The predicted octanol–water partition coefficient (Wildman–Crippen LogP) is 5.76. The number of sulfonamides is 1. The molecule has 0 heterocycles. The zero-order valence-corrected chi connectivity index (χ0v) is 23.4. The number of carbonyl (C=O) groups excluding carboxylic acids is 2. The summed E-state index contributed by atoms with van der Waals surface area (Å²) in [5.74, 6) is -0.882. The van der Waals surface area contributed by atoms with E-state index >= 15 is 0 Å². The molecule has 1 N–H and O–H groups in total. The maximum atomic E-state index is 13.8. The fraction of sp³-hybridized carbons (Fsp3) is 0.286. The molecule has 0 atom stereocenters. The van der Waals surface area contributed by atoms with Gasteiger partial charge in [0, 0.05) is 10.7 Å². The van der Waals surface area contributed by atoms with Crippen LogP contribution in [0.15, 0.2) is 65.6 Å². The van der Waals surface area contributed by atoms with Gasteiger partial charge in [0.1, 0.15) is 17.2 Å². The molecule has 0 aliphatic carbocycles. The molecule has 0 saturated heterocycles. The molecular formula is C28H31ClN2O6S. The van der Waals surface area contributed by atoms with Gasteiger partial charge in [-0.25, -0.2) is 13.2 Å². The third-order valence-corrected chi connectivity index (χ3v) is 7.96. The number of halogens is 1. The monoisotopic (exact) mass is 558 g/mol. The Bertz CT molecular complexity index is 1410. The second-order valence-corrected chi connectivity index (χ2v) is 11.0. The largest absolute Gasteiger partial charge is 0.495 e. The summed E-state index contributed by atoms with van der Waals surface area (Å²) in [6.07, 6.45) is 1.69. The van der Waals surface area contributed by atoms with Crippen LogP contribution in [0.5, 0.6) is 5.75 Å². The number of methoxy groups -OCH3 is 1. The number of esters is 1. The Morgan fingerprint density at radius 1 is 1.00 bits per heavy atom. The van der Waals surface area contributed by atoms with E-state index in [1.54, 1.807) is 50.2 Å². The maximum absolute atomic E-state index is 13.8. The molecule has 3 rings (SSSR count). The fourth-order valence-electron chi connectivity index (χ4n) is 3.57. The predicted molar refractivity (Wildman–Crippen MR) is 149 cm³/mol. The number of anilines is 2. The van der Waals surface area contributed by atoms with Crippen LogP contribution in [0.4, 0.5) is 11.4 Å². The zero-order valence-electron chi connectivity index (χ0n) is 21.8. The second-order valence-electron chi connectivity index (χ2n) is 8.71. The van der Waals surface area contributed by atoms with E-state index in [1.807, 2.05) is 6.92 Å². The molecule has 202 valence electrons. The minimum absolute atomic E-state index is 0.0737. The van der Waals surface area contributed by atoms with E-state index in [4.69, 9.17) is 21.1 Å². The number of nitrogens with zero attached hydrogens (tertiary/aromatic N) is 1. The highest BCUT2D eigenvalue weighted by atomic mass is 35.5. The molecular weight excluding hydrogens is 528 g/mol. The fourth-order valence-corrected chi connectivity index (χ4v) is 5.40. The number of hydrogen-bond donors (Lipinski definition) is 1. The summed E-state index contributed by atoms with van der Waals surface area (Å²) >= 11 is 6.30. The Morgan fingerprint density at radius 3 is 2.34 bits per heavy atom. The van der Waals surface area contributed by atoms with E-state index in [1.165, 1.54) is 31.4 Å². The zero-order chi connectivity index (χ0) is 27.9. The van der Waals surface area contributed by atoms with E-state index in [-0.39, 0.29) is 16.3 Å². The summed E-state index contributed by atoms with van der Waals surface area (Å²) in [4.78, 5) is 25.1. The number of aryl methyl sites for hydroxylation is 2. The Morgan fingerprint density at radius 2 is 1.71 bits per heavy atom. The molecule has 1 amide bonds. The molecule has 0 aromatic heterocycles. The number of unbranched alkanes of at least 4 members (excludes halogenated alkanes) is 1. The van der Waals surface area contributed by atoms with Crippen molar-refractivity contribution in [1.82, 2.24) is 0 Å². The minimum Gasteiger partial charge on any atom is -0.495 e. The molecule has 0 aliphatic heterocycles. The molecule has 10 heteroatoms. The first kappa shape index (κ1) is 29.0. The highest BCUT2D eigenvalue weighted by Gasteiger charge is 2.30. The normalized spacial score (nSPS) is 11.1. The molecule has 0 radical (unpaired) electrons. The summed E-state index contributed by atoms with van der Waals surface area (Å²) in [5.41, 5.74) is 2.45. The number of benzene rings is 3. The van der Waals surface area contributed by atoms with Crippen LogP contribution in [-0.4, -0.2) is 40.6 Å². The molecule has 0 bridgehead atoms. The van der Waals surface area contributed by atoms with Crippen molar-refractivity contribution in [3.8, 4) is 5.75 Å². The third kappa shape index (κ3) is 7.05. The SMILES string of the molecule is CCCCOC(=O)c1ccc(NC(=O)CN(c2ccc(C)c(Cl)c2)S(=O)(=O)c2cc(C)ccc2OC)cc1. The summed E-state index contributed by atoms with van der Waals surface area (Å²) < 4.78 is 39.2. The highest BCUT2D eigenvalue weighted by molar-refractivity contribution is 7.93. The number of rotatable bonds is 11. The molecule has 0 saturated carbocycles. The van der Waals surface area contributed by atoms with Crippen LogP contribution in [0, 0.1) is 13.8 Å². The van der Waals surface area contributed by atoms with Gasteiger partial charge in [-0.1, -0.05) is 37.1 Å². The van der Waals surface area contributed by atoms with Crippen molar-refractivity contribution in [3.05, 3.63) is 82.4 Å². The van der Waals surface area contributed by atoms with Crippen LogP contribution in [-0.2, 0) is 19.6 Å². The lowest BCUT2D eigenvalue weighted by atomic mass is 10.2. The Kier molecular flexibility index (Phi) is 9.77. The Balaban J connectivity index is 1.88. The average Bonchev–Trinajstić information content (AvgIpc) is 2.89. The average molecular weight is 559 g/mol. The highest BCUT2D eigenvalue weighted by Crippen LogP contribution is 2.32. The van der Waals surface area contributed by atoms with Gasteiger partial charge in [0.2, 0.25) is 5.91 Å². The van der Waals surface area contributed by atoms with Gasteiger partial charge in [0.15, 0.2) is 0 Å². The summed E-state index contributed by atoms with van der Waals surface area (Å²) in [6.45, 7) is 5.38. The first-order chi connectivity index (χ1) is 18.1. The Hall–Kier alpha value is -3.56. The van der Waals surface area contributed by atoms with Gasteiger partial charge in [-0.05, 0) is 79.9 Å². The van der Waals surface area contributed by atoms with Gasteiger partial charge >= 0.3 is 5.97 Å². The van der Waals surface area contributed by atoms with Crippen molar-refractivity contribution in [3.63, 3.8) is 0 Å². The van der Waals surface area contributed by atoms with Gasteiger partial charge in [0.05, 0.1) is 25.0 Å². The van der Waals surface area contributed by atoms with Crippen molar-refractivity contribution < 1.29 is 27.5 Å². The molecule has 3 aromatic rings. The molecule has 3 aromatic carbocycles. The van der Waals surface area contributed by atoms with Crippen molar-refractivity contribution in [2.75, 3.05) is 29.9 Å². The number of carbonyl (C=O) groups is 2. The first-order valence-electron chi connectivity index (χ1n) is 12.1. The molecule has 0 aliphatic rings. The third-order valence-electron chi connectivity index (χ3n) is 5.75. The lowest BCUT2D eigenvalue weighted by Crippen LogP contribution is -2.38. The lowest BCUT2D eigenvalue weighted by molar-refractivity contribution is -0.114. The maximum Gasteiger partial charge on any atom is 0.338 e. The van der Waals surface area contributed by atoms with Crippen molar-refractivity contribution >= 4 is 44.9 Å². The molecule has 0 unspecified atom stereocenters. The number of hydrogen-bond acceptors (Lipinski definition) is 6. The van der Waals surface area contributed by atoms with E-state index in [9.17, 15) is 18.0 Å². The molecule has 8 nitrogen and oxygen atoms in total. The van der Waals surface area contributed by atoms with Gasteiger partial charge in [-0.3, -0.25) is 9.10 Å². The summed E-state index contributed by atoms with van der Waals surface area (Å²) in [7, 11) is -2.86. The Labute approximate surface area is 228 Å². The molecule has 0 fully saturated rings. The van der Waals surface area contributed by atoms with E-state index < -0.39 is 28.4 Å². The van der Waals surface area contributed by atoms with E-state index in [0.717, 1.165) is 22.7 Å². The van der Waals surface area contributed by atoms with Crippen molar-refractivity contribution in [1.29, 1.82) is 0 Å². The minimum atomic E-state index is -4.24. The molecule has 38 heavy (non-hydrogen) atoms. The van der Waals surface area contributed by atoms with E-state index in [2.05, 4.69) is 5.32 Å². The van der Waals surface area contributed by atoms with Crippen LogP contribution in [0.2, 0.25) is 5.02 Å². The van der Waals surface area contributed by atoms with Crippen molar-refractivity contribution in [2.45, 2.75) is 38.5 Å². The summed E-state index contributed by atoms with van der Waals surface area (Å²) in [6, 6.07) is 15.8. The van der Waals surface area contributed by atoms with Gasteiger partial charge in [-0.15, -0.1) is 0 Å². The number of nitrogens with one attached hydrogen (secondary N) is 1. The van der Waals surface area contributed by atoms with E-state index in [0.29, 0.717) is 28.4 Å². The topological polar surface area (TPSA) is 102 Å². The standard InChI is InChI=1S/C28H31ClN2O6S/c1-5-6-15-37-28(33)21-9-11-22(12-10-21)30-27(32)18-31(23-13-8-20(3)24(29)17-23)38(34,35)26-16-19(2)7-14-25(26)36-4/h7-14,16-17H,5-6,15,18H2,1-4H3,(H,30,32). The lowest BCUT2D eigenvalue weighted by Gasteiger charge is -2.25. The van der Waals surface area contributed by atoms with Crippen LogP contribution < -0.4 is 14.4 Å². The smallest absolute Gasteiger partial charge is 0.338 e.